The van der Waals surface area contributed by atoms with Crippen LogP contribution in [-0.2, 0) is 4.79 Å². The molecule has 1 rings (SSSR count). The van der Waals surface area contributed by atoms with Crippen LogP contribution >= 0.6 is 12.2 Å². The van der Waals surface area contributed by atoms with Gasteiger partial charge in [-0.25, -0.2) is 0 Å². The van der Waals surface area contributed by atoms with Crippen molar-refractivity contribution in [3.63, 3.8) is 0 Å². The van der Waals surface area contributed by atoms with Gasteiger partial charge in [0.05, 0.1) is 4.99 Å². The Balaban J connectivity index is 2.33. The van der Waals surface area contributed by atoms with E-state index in [1.807, 2.05) is 32.0 Å². The number of rotatable bonds is 6. The molecule has 18 heavy (non-hydrogen) atoms. The largest absolute Gasteiger partial charge is 0.484 e. The van der Waals surface area contributed by atoms with Crippen LogP contribution in [0.1, 0.15) is 13.8 Å². The van der Waals surface area contributed by atoms with E-state index < -0.39 is 5.41 Å². The molecule has 0 aliphatic rings. The van der Waals surface area contributed by atoms with Crippen molar-refractivity contribution in [2.24, 2.45) is 11.1 Å². The Morgan fingerprint density at radius 3 is 2.56 bits per heavy atom. The predicted octanol–water partition coefficient (Wildman–Crippen LogP) is 1.49. The molecular weight excluding hydrogens is 248 g/mol. The maximum Gasteiger partial charge on any atom is 0.257 e. The third kappa shape index (κ3) is 4.71. The van der Waals surface area contributed by atoms with Gasteiger partial charge in [0.15, 0.2) is 6.61 Å². The van der Waals surface area contributed by atoms with Gasteiger partial charge in [-0.2, -0.15) is 0 Å². The first kappa shape index (κ1) is 14.4. The number of thiocarbonyl (C=S) groups is 1. The molecule has 4 nitrogen and oxygen atoms in total. The van der Waals surface area contributed by atoms with Crippen molar-refractivity contribution in [2.75, 3.05) is 13.2 Å². The molecule has 0 fully saturated rings. The van der Waals surface area contributed by atoms with Gasteiger partial charge in [0, 0.05) is 12.0 Å². The summed E-state index contributed by atoms with van der Waals surface area (Å²) in [6, 6.07) is 9.18. The van der Waals surface area contributed by atoms with Gasteiger partial charge >= 0.3 is 0 Å². The topological polar surface area (TPSA) is 64.3 Å². The molecule has 0 unspecified atom stereocenters. The number of nitrogens with two attached hydrogens (primary N) is 1. The summed E-state index contributed by atoms with van der Waals surface area (Å²) in [4.78, 5) is 11.9. The second kappa shape index (κ2) is 6.35. The average Bonchev–Trinajstić information content (AvgIpc) is 2.35. The summed E-state index contributed by atoms with van der Waals surface area (Å²) in [5.74, 6) is 0.476. The van der Waals surface area contributed by atoms with Crippen molar-refractivity contribution in [2.45, 2.75) is 13.8 Å². The quantitative estimate of drug-likeness (QED) is 0.766. The number of carbonyl (C=O) groups is 1. The van der Waals surface area contributed by atoms with Crippen LogP contribution in [0.15, 0.2) is 30.3 Å². The number of ether oxygens (including phenoxy) is 1. The van der Waals surface area contributed by atoms with Crippen molar-refractivity contribution in [3.8, 4) is 5.75 Å². The molecule has 0 aliphatic heterocycles. The summed E-state index contributed by atoms with van der Waals surface area (Å²) in [5, 5.41) is 2.74. The van der Waals surface area contributed by atoms with Gasteiger partial charge in [0.2, 0.25) is 0 Å². The molecule has 0 heterocycles. The Hall–Kier alpha value is -1.62. The molecule has 5 heteroatoms. The first-order chi connectivity index (χ1) is 8.42. The zero-order valence-electron chi connectivity index (χ0n) is 10.6. The number of hydrogen-bond acceptors (Lipinski definition) is 3. The van der Waals surface area contributed by atoms with E-state index in [0.29, 0.717) is 17.3 Å². The summed E-state index contributed by atoms with van der Waals surface area (Å²) in [6.45, 7) is 4.15. The van der Waals surface area contributed by atoms with Gasteiger partial charge in [-0.15, -0.1) is 0 Å². The molecule has 1 aromatic rings. The van der Waals surface area contributed by atoms with Crippen molar-refractivity contribution in [3.05, 3.63) is 30.3 Å². The molecule has 98 valence electrons. The van der Waals surface area contributed by atoms with Crippen LogP contribution in [0.2, 0.25) is 0 Å². The zero-order chi connectivity index (χ0) is 13.6. The van der Waals surface area contributed by atoms with E-state index in [0.717, 1.165) is 0 Å². The molecule has 0 aromatic heterocycles. The lowest BCUT2D eigenvalue weighted by molar-refractivity contribution is -0.123. The van der Waals surface area contributed by atoms with Crippen molar-refractivity contribution >= 4 is 23.1 Å². The Bertz CT molecular complexity index is 418. The number of benzene rings is 1. The van der Waals surface area contributed by atoms with E-state index >= 15 is 0 Å². The summed E-state index contributed by atoms with van der Waals surface area (Å²) in [5.41, 5.74) is 5.18. The summed E-state index contributed by atoms with van der Waals surface area (Å²) >= 11 is 4.92. The second-order valence-corrected chi connectivity index (χ2v) is 5.07. The van der Waals surface area contributed by atoms with Gasteiger partial charge in [-0.05, 0) is 12.1 Å². The molecule has 0 atom stereocenters. The maximum absolute atomic E-state index is 11.6. The molecule has 0 spiro atoms. The lowest BCUT2D eigenvalue weighted by atomic mass is 9.94. The monoisotopic (exact) mass is 266 g/mol. The number of hydrogen-bond donors (Lipinski definition) is 2. The smallest absolute Gasteiger partial charge is 0.257 e. The van der Waals surface area contributed by atoms with E-state index in [9.17, 15) is 4.79 Å². The fourth-order valence-electron chi connectivity index (χ4n) is 1.12. The van der Waals surface area contributed by atoms with E-state index in [-0.39, 0.29) is 12.5 Å². The third-order valence-corrected chi connectivity index (χ3v) is 3.06. The average molecular weight is 266 g/mol. The van der Waals surface area contributed by atoms with Crippen LogP contribution in [0.4, 0.5) is 0 Å². The molecule has 1 aromatic carbocycles. The standard InChI is InChI=1S/C13H18N2O2S/c1-13(2,12(14)18)9-15-11(16)8-17-10-6-4-3-5-7-10/h3-7H,8-9H2,1-2H3,(H2,14,18)(H,15,16). The molecule has 0 saturated heterocycles. The van der Waals surface area contributed by atoms with Crippen LogP contribution in [0.25, 0.3) is 0 Å². The Morgan fingerprint density at radius 1 is 1.39 bits per heavy atom. The minimum Gasteiger partial charge on any atom is -0.484 e. The Kier molecular flexibility index (Phi) is 5.09. The summed E-state index contributed by atoms with van der Waals surface area (Å²) < 4.78 is 5.32. The molecule has 3 N–H and O–H groups in total. The normalized spacial score (nSPS) is 10.8. The van der Waals surface area contributed by atoms with Crippen molar-refractivity contribution in [1.29, 1.82) is 0 Å². The SMILES string of the molecule is CC(C)(CNC(=O)COc1ccccc1)C(N)=S. The van der Waals surface area contributed by atoms with Crippen LogP contribution in [0, 0.1) is 5.41 Å². The van der Waals surface area contributed by atoms with Crippen LogP contribution in [0.5, 0.6) is 5.75 Å². The van der Waals surface area contributed by atoms with Crippen molar-refractivity contribution < 1.29 is 9.53 Å². The second-order valence-electron chi connectivity index (χ2n) is 4.63. The van der Waals surface area contributed by atoms with Gasteiger partial charge < -0.3 is 15.8 Å². The fourth-order valence-corrected chi connectivity index (χ4v) is 1.20. The molecule has 0 radical (unpaired) electrons. The van der Waals surface area contributed by atoms with E-state index in [4.69, 9.17) is 22.7 Å². The highest BCUT2D eigenvalue weighted by atomic mass is 32.1. The first-order valence-corrected chi connectivity index (χ1v) is 6.07. The summed E-state index contributed by atoms with van der Waals surface area (Å²) in [6.07, 6.45) is 0. The maximum atomic E-state index is 11.6. The number of amides is 1. The molecule has 0 saturated carbocycles. The third-order valence-electron chi connectivity index (χ3n) is 2.51. The van der Waals surface area contributed by atoms with Crippen molar-refractivity contribution in [1.82, 2.24) is 5.32 Å². The number of nitrogens with one attached hydrogen (secondary N) is 1. The minimum absolute atomic E-state index is 0.0164. The van der Waals surface area contributed by atoms with E-state index in [1.54, 1.807) is 12.1 Å². The number of carbonyl (C=O) groups excluding carboxylic acids is 1. The van der Waals surface area contributed by atoms with Crippen LogP contribution in [0.3, 0.4) is 0 Å². The highest BCUT2D eigenvalue weighted by molar-refractivity contribution is 7.80. The lowest BCUT2D eigenvalue weighted by Gasteiger charge is -2.23. The molecule has 1 amide bonds. The van der Waals surface area contributed by atoms with Gasteiger partial charge in [-0.3, -0.25) is 4.79 Å². The molecular formula is C13H18N2O2S. The highest BCUT2D eigenvalue weighted by Crippen LogP contribution is 2.13. The number of para-hydroxylation sites is 1. The van der Waals surface area contributed by atoms with Gasteiger partial charge in [0.1, 0.15) is 5.75 Å². The first-order valence-electron chi connectivity index (χ1n) is 5.66. The minimum atomic E-state index is -0.391. The molecule has 0 bridgehead atoms. The van der Waals surface area contributed by atoms with E-state index in [1.165, 1.54) is 0 Å². The summed E-state index contributed by atoms with van der Waals surface area (Å²) in [7, 11) is 0. The Morgan fingerprint density at radius 2 is 2.00 bits per heavy atom. The zero-order valence-corrected chi connectivity index (χ0v) is 11.4. The van der Waals surface area contributed by atoms with Gasteiger partial charge in [0.25, 0.3) is 5.91 Å². The predicted molar refractivity (Wildman–Crippen MR) is 75.5 cm³/mol. The highest BCUT2D eigenvalue weighted by Gasteiger charge is 2.21. The molecule has 0 aliphatic carbocycles. The van der Waals surface area contributed by atoms with Crippen LogP contribution < -0.4 is 15.8 Å². The van der Waals surface area contributed by atoms with E-state index in [2.05, 4.69) is 5.32 Å². The lowest BCUT2D eigenvalue weighted by Crippen LogP contribution is -2.42. The van der Waals surface area contributed by atoms with Crippen LogP contribution in [-0.4, -0.2) is 24.0 Å². The fraction of sp³-hybridized carbons (Fsp3) is 0.385. The van der Waals surface area contributed by atoms with Gasteiger partial charge in [-0.1, -0.05) is 44.3 Å². The Labute approximate surface area is 113 Å².